The Kier molecular flexibility index (Phi) is 3.15. The van der Waals surface area contributed by atoms with E-state index < -0.39 is 5.41 Å². The maximum absolute atomic E-state index is 13.3. The number of carbonyl (C=O) groups is 1. The van der Waals surface area contributed by atoms with E-state index in [4.69, 9.17) is 4.74 Å². The van der Waals surface area contributed by atoms with Crippen LogP contribution in [0.3, 0.4) is 0 Å². The molecule has 2 aliphatic heterocycles. The lowest BCUT2D eigenvalue weighted by Crippen LogP contribution is -2.55. The molecule has 1 saturated carbocycles. The summed E-state index contributed by atoms with van der Waals surface area (Å²) in [5, 5.41) is 0. The van der Waals surface area contributed by atoms with Gasteiger partial charge in [0.1, 0.15) is 5.82 Å². The van der Waals surface area contributed by atoms with Crippen molar-refractivity contribution < 1.29 is 13.9 Å². The lowest BCUT2D eigenvalue weighted by Gasteiger charge is -2.48. The van der Waals surface area contributed by atoms with Crippen LogP contribution in [-0.4, -0.2) is 36.1 Å². The van der Waals surface area contributed by atoms with Crippen molar-refractivity contribution in [2.24, 2.45) is 5.41 Å². The van der Waals surface area contributed by atoms with E-state index in [-0.39, 0.29) is 22.7 Å². The van der Waals surface area contributed by atoms with Gasteiger partial charge in [-0.05, 0) is 48.8 Å². The van der Waals surface area contributed by atoms with Gasteiger partial charge in [-0.15, -0.1) is 0 Å². The Morgan fingerprint density at radius 1 is 1.13 bits per heavy atom. The van der Waals surface area contributed by atoms with Crippen LogP contribution in [0.1, 0.15) is 45.1 Å². The standard InChI is InChI=1S/C19H24FNO2/c1-17(2)13-19(17,14-3-5-15(20)6-4-14)16(22)21-10-7-18(8-11-21)9-12-23-18/h3-6H,7-13H2,1-2H3/t19-/m1/s1. The van der Waals surface area contributed by atoms with Crippen molar-refractivity contribution in [3.63, 3.8) is 0 Å². The van der Waals surface area contributed by atoms with Gasteiger partial charge < -0.3 is 9.64 Å². The number of nitrogens with zero attached hydrogens (tertiary/aromatic N) is 1. The summed E-state index contributed by atoms with van der Waals surface area (Å²) in [6, 6.07) is 6.49. The summed E-state index contributed by atoms with van der Waals surface area (Å²) in [4.78, 5) is 15.3. The van der Waals surface area contributed by atoms with Crippen molar-refractivity contribution in [3.8, 4) is 0 Å². The van der Waals surface area contributed by atoms with Crippen LogP contribution < -0.4 is 0 Å². The second-order valence-corrected chi connectivity index (χ2v) is 8.05. The Hall–Kier alpha value is -1.42. The average molecular weight is 317 g/mol. The zero-order valence-corrected chi connectivity index (χ0v) is 13.9. The maximum Gasteiger partial charge on any atom is 0.233 e. The summed E-state index contributed by atoms with van der Waals surface area (Å²) in [5.41, 5.74) is 0.461. The topological polar surface area (TPSA) is 29.5 Å². The summed E-state index contributed by atoms with van der Waals surface area (Å²) in [6.07, 6.45) is 3.85. The Labute approximate surface area is 136 Å². The molecule has 0 unspecified atom stereocenters. The molecule has 1 amide bonds. The van der Waals surface area contributed by atoms with E-state index in [2.05, 4.69) is 13.8 Å². The summed E-state index contributed by atoms with van der Waals surface area (Å²) < 4.78 is 19.0. The predicted octanol–water partition coefficient (Wildman–Crippen LogP) is 3.27. The third-order valence-electron chi connectivity index (χ3n) is 6.37. The van der Waals surface area contributed by atoms with Crippen LogP contribution in [0.15, 0.2) is 24.3 Å². The fourth-order valence-electron chi connectivity index (χ4n) is 4.51. The van der Waals surface area contributed by atoms with Crippen LogP contribution in [0.4, 0.5) is 4.39 Å². The largest absolute Gasteiger partial charge is 0.375 e. The smallest absolute Gasteiger partial charge is 0.233 e. The molecule has 3 nitrogen and oxygen atoms in total. The first kappa shape index (κ1) is 15.1. The van der Waals surface area contributed by atoms with Crippen molar-refractivity contribution in [1.29, 1.82) is 0 Å². The number of ether oxygens (including phenoxy) is 1. The van der Waals surface area contributed by atoms with E-state index >= 15 is 0 Å². The monoisotopic (exact) mass is 317 g/mol. The highest BCUT2D eigenvalue weighted by molar-refractivity contribution is 5.93. The van der Waals surface area contributed by atoms with E-state index in [1.54, 1.807) is 12.1 Å². The quantitative estimate of drug-likeness (QED) is 0.838. The summed E-state index contributed by atoms with van der Waals surface area (Å²) >= 11 is 0. The highest BCUT2D eigenvalue weighted by Crippen LogP contribution is 2.65. The van der Waals surface area contributed by atoms with Gasteiger partial charge in [-0.25, -0.2) is 4.39 Å². The van der Waals surface area contributed by atoms with Crippen LogP contribution in [0.5, 0.6) is 0 Å². The molecule has 4 heteroatoms. The molecule has 2 heterocycles. The van der Waals surface area contributed by atoms with Crippen LogP contribution in [-0.2, 0) is 14.9 Å². The van der Waals surface area contributed by atoms with Crippen molar-refractivity contribution in [2.75, 3.05) is 19.7 Å². The predicted molar refractivity (Wildman–Crippen MR) is 85.6 cm³/mol. The Bertz CT molecular complexity index is 625. The molecule has 1 aromatic carbocycles. The summed E-state index contributed by atoms with van der Waals surface area (Å²) in [7, 11) is 0. The third kappa shape index (κ3) is 2.14. The second-order valence-electron chi connectivity index (χ2n) is 8.05. The molecule has 1 aliphatic carbocycles. The number of likely N-dealkylation sites (tertiary alicyclic amines) is 1. The van der Waals surface area contributed by atoms with Gasteiger partial charge in [0.05, 0.1) is 17.6 Å². The lowest BCUT2D eigenvalue weighted by molar-refractivity contribution is -0.177. The minimum absolute atomic E-state index is 0.0545. The molecule has 3 fully saturated rings. The Morgan fingerprint density at radius 3 is 2.13 bits per heavy atom. The van der Waals surface area contributed by atoms with E-state index in [1.165, 1.54) is 12.1 Å². The highest BCUT2D eigenvalue weighted by Gasteiger charge is 2.68. The summed E-state index contributed by atoms with van der Waals surface area (Å²) in [6.45, 7) is 6.68. The lowest BCUT2D eigenvalue weighted by atomic mass is 9.82. The molecule has 1 spiro atoms. The minimum Gasteiger partial charge on any atom is -0.375 e. The van der Waals surface area contributed by atoms with Gasteiger partial charge in [0, 0.05) is 13.1 Å². The molecular weight excluding hydrogens is 293 g/mol. The number of piperidine rings is 1. The molecule has 3 aliphatic rings. The van der Waals surface area contributed by atoms with E-state index in [9.17, 15) is 9.18 Å². The maximum atomic E-state index is 13.3. The van der Waals surface area contributed by atoms with Gasteiger partial charge in [0.2, 0.25) is 5.91 Å². The second kappa shape index (κ2) is 4.79. The fourth-order valence-corrected chi connectivity index (χ4v) is 4.51. The molecule has 0 bridgehead atoms. The number of halogens is 1. The molecule has 4 rings (SSSR count). The molecule has 0 aromatic heterocycles. The van der Waals surface area contributed by atoms with Gasteiger partial charge in [-0.2, -0.15) is 0 Å². The van der Waals surface area contributed by atoms with Gasteiger partial charge >= 0.3 is 0 Å². The van der Waals surface area contributed by atoms with Gasteiger partial charge in [0.25, 0.3) is 0 Å². The van der Waals surface area contributed by atoms with Crippen molar-refractivity contribution in [1.82, 2.24) is 4.90 Å². The van der Waals surface area contributed by atoms with Crippen molar-refractivity contribution in [3.05, 3.63) is 35.6 Å². The van der Waals surface area contributed by atoms with Gasteiger partial charge in [0.15, 0.2) is 0 Å². The molecule has 2 saturated heterocycles. The number of rotatable bonds is 2. The first-order chi connectivity index (χ1) is 10.9. The Balaban J connectivity index is 1.56. The molecule has 0 N–H and O–H groups in total. The zero-order valence-electron chi connectivity index (χ0n) is 13.9. The van der Waals surface area contributed by atoms with Crippen molar-refractivity contribution in [2.45, 2.75) is 50.5 Å². The highest BCUT2D eigenvalue weighted by atomic mass is 19.1. The fraction of sp³-hybridized carbons (Fsp3) is 0.632. The van der Waals surface area contributed by atoms with Crippen LogP contribution in [0.2, 0.25) is 0 Å². The van der Waals surface area contributed by atoms with Crippen LogP contribution in [0, 0.1) is 11.2 Å². The van der Waals surface area contributed by atoms with Crippen molar-refractivity contribution >= 4 is 5.91 Å². The van der Waals surface area contributed by atoms with Crippen LogP contribution >= 0.6 is 0 Å². The van der Waals surface area contributed by atoms with Crippen LogP contribution in [0.25, 0.3) is 0 Å². The Morgan fingerprint density at radius 2 is 1.70 bits per heavy atom. The number of hydrogen-bond donors (Lipinski definition) is 0. The number of carbonyl (C=O) groups excluding carboxylic acids is 1. The molecule has 124 valence electrons. The van der Waals surface area contributed by atoms with E-state index in [0.717, 1.165) is 50.9 Å². The first-order valence-corrected chi connectivity index (χ1v) is 8.58. The van der Waals surface area contributed by atoms with E-state index in [1.807, 2.05) is 4.90 Å². The minimum atomic E-state index is -0.480. The average Bonchev–Trinajstić information content (AvgIpc) is 3.10. The SMILES string of the molecule is CC1(C)C[C@]1(C(=O)N1CCC2(CCO2)CC1)c1ccc(F)cc1. The molecular formula is C19H24FNO2. The number of benzene rings is 1. The molecule has 1 atom stereocenters. The van der Waals surface area contributed by atoms with E-state index in [0.29, 0.717) is 0 Å². The van der Waals surface area contributed by atoms with Gasteiger partial charge in [-0.3, -0.25) is 4.79 Å². The molecule has 23 heavy (non-hydrogen) atoms. The van der Waals surface area contributed by atoms with Gasteiger partial charge in [-0.1, -0.05) is 26.0 Å². The molecule has 1 aromatic rings. The molecule has 0 radical (unpaired) electrons. The number of hydrogen-bond acceptors (Lipinski definition) is 2. The number of amides is 1. The third-order valence-corrected chi connectivity index (χ3v) is 6.37. The summed E-state index contributed by atoms with van der Waals surface area (Å²) in [5.74, 6) is -0.0415. The zero-order chi connectivity index (χ0) is 16.3. The first-order valence-electron chi connectivity index (χ1n) is 8.58. The normalized spacial score (nSPS) is 30.8.